The van der Waals surface area contributed by atoms with Crippen LogP contribution >= 0.6 is 0 Å². The minimum absolute atomic E-state index is 0.0322. The van der Waals surface area contributed by atoms with Crippen LogP contribution in [-0.4, -0.2) is 28.6 Å². The summed E-state index contributed by atoms with van der Waals surface area (Å²) in [5, 5.41) is 22.3. The van der Waals surface area contributed by atoms with Crippen LogP contribution in [0.1, 0.15) is 19.3 Å². The molecule has 1 aromatic carbocycles. The summed E-state index contributed by atoms with van der Waals surface area (Å²) in [7, 11) is 0. The van der Waals surface area contributed by atoms with Crippen molar-refractivity contribution >= 4 is 17.3 Å². The number of aliphatic carboxylic acids is 1. The lowest BCUT2D eigenvalue weighted by molar-refractivity contribution is -0.384. The Morgan fingerprint density at radius 3 is 2.74 bits per heavy atom. The number of carbonyl (C=O) groups is 1. The number of nitrogens with zero attached hydrogens (tertiary/aromatic N) is 1. The van der Waals surface area contributed by atoms with Crippen LogP contribution in [0.25, 0.3) is 0 Å². The monoisotopic (exact) mass is 267 g/mol. The van der Waals surface area contributed by atoms with Crippen LogP contribution in [0.5, 0.6) is 0 Å². The molecular weight excluding hydrogens is 250 g/mol. The Morgan fingerprint density at radius 2 is 2.11 bits per heavy atom. The zero-order valence-corrected chi connectivity index (χ0v) is 10.4. The molecule has 1 atom stereocenters. The molecule has 104 valence electrons. The average Bonchev–Trinajstić information content (AvgIpc) is 2.38. The molecule has 0 bridgehead atoms. The first kappa shape index (κ1) is 14.9. The summed E-state index contributed by atoms with van der Waals surface area (Å²) < 4.78 is 0. The molecule has 0 amide bonds. The van der Waals surface area contributed by atoms with E-state index in [9.17, 15) is 14.9 Å². The van der Waals surface area contributed by atoms with Gasteiger partial charge < -0.3 is 16.2 Å². The van der Waals surface area contributed by atoms with Crippen molar-refractivity contribution in [3.63, 3.8) is 0 Å². The molecule has 0 aromatic heterocycles. The number of hydrogen-bond donors (Lipinski definition) is 3. The molecule has 0 saturated heterocycles. The number of nitrogens with one attached hydrogen (secondary N) is 1. The van der Waals surface area contributed by atoms with Gasteiger partial charge >= 0.3 is 5.97 Å². The van der Waals surface area contributed by atoms with E-state index in [1.54, 1.807) is 18.2 Å². The Morgan fingerprint density at radius 1 is 1.42 bits per heavy atom. The van der Waals surface area contributed by atoms with Gasteiger partial charge in [-0.15, -0.1) is 0 Å². The molecule has 0 spiro atoms. The van der Waals surface area contributed by atoms with E-state index >= 15 is 0 Å². The second-order valence-corrected chi connectivity index (χ2v) is 4.14. The van der Waals surface area contributed by atoms with E-state index in [2.05, 4.69) is 5.32 Å². The van der Waals surface area contributed by atoms with Crippen LogP contribution in [0, 0.1) is 10.1 Å². The van der Waals surface area contributed by atoms with Gasteiger partial charge in [-0.3, -0.25) is 14.9 Å². The fourth-order valence-corrected chi connectivity index (χ4v) is 1.62. The van der Waals surface area contributed by atoms with Crippen molar-refractivity contribution in [3.8, 4) is 0 Å². The Kier molecular flexibility index (Phi) is 5.74. The molecular formula is C12H17N3O4. The maximum atomic E-state index is 10.8. The van der Waals surface area contributed by atoms with E-state index in [1.165, 1.54) is 6.07 Å². The van der Waals surface area contributed by atoms with Crippen molar-refractivity contribution in [2.45, 2.75) is 25.3 Å². The Labute approximate surface area is 110 Å². The highest BCUT2D eigenvalue weighted by molar-refractivity contribution is 5.72. The molecule has 0 aliphatic rings. The second-order valence-electron chi connectivity index (χ2n) is 4.14. The van der Waals surface area contributed by atoms with E-state index < -0.39 is 16.9 Å². The third kappa shape index (κ3) is 4.92. The average molecular weight is 267 g/mol. The Hall–Kier alpha value is -2.15. The third-order valence-electron chi connectivity index (χ3n) is 2.68. The number of carboxylic acids is 1. The number of nitro groups is 1. The largest absolute Gasteiger partial charge is 0.480 e. The van der Waals surface area contributed by atoms with Gasteiger partial charge in [0.15, 0.2) is 0 Å². The Balaban J connectivity index is 2.34. The number of nitrogens with two attached hydrogens (primary N) is 1. The first-order valence-corrected chi connectivity index (χ1v) is 5.98. The number of rotatable bonds is 8. The molecule has 1 aromatic rings. The minimum Gasteiger partial charge on any atom is -0.480 e. The SMILES string of the molecule is N[C@@H](CCCCNc1ccccc1[N+](=O)[O-])C(=O)O. The van der Waals surface area contributed by atoms with Gasteiger partial charge in [0, 0.05) is 12.6 Å². The summed E-state index contributed by atoms with van der Waals surface area (Å²) in [6.07, 6.45) is 1.75. The molecule has 1 rings (SSSR count). The predicted molar refractivity (Wildman–Crippen MR) is 71.0 cm³/mol. The van der Waals surface area contributed by atoms with Crippen molar-refractivity contribution in [2.24, 2.45) is 5.73 Å². The van der Waals surface area contributed by atoms with Gasteiger partial charge in [-0.05, 0) is 25.3 Å². The molecule has 7 nitrogen and oxygen atoms in total. The van der Waals surface area contributed by atoms with Gasteiger partial charge in [0.2, 0.25) is 0 Å². The molecule has 0 unspecified atom stereocenters. The van der Waals surface area contributed by atoms with Crippen molar-refractivity contribution in [1.29, 1.82) is 0 Å². The maximum absolute atomic E-state index is 10.8. The molecule has 0 heterocycles. The quantitative estimate of drug-likeness (QED) is 0.374. The van der Waals surface area contributed by atoms with Crippen LogP contribution in [0.4, 0.5) is 11.4 Å². The summed E-state index contributed by atoms with van der Waals surface area (Å²) in [4.78, 5) is 20.8. The first-order chi connectivity index (χ1) is 9.02. The van der Waals surface area contributed by atoms with Crippen LogP contribution < -0.4 is 11.1 Å². The molecule has 0 saturated carbocycles. The molecule has 7 heteroatoms. The van der Waals surface area contributed by atoms with E-state index in [-0.39, 0.29) is 5.69 Å². The highest BCUT2D eigenvalue weighted by Gasteiger charge is 2.12. The molecule has 19 heavy (non-hydrogen) atoms. The maximum Gasteiger partial charge on any atom is 0.320 e. The van der Waals surface area contributed by atoms with Gasteiger partial charge in [0.1, 0.15) is 11.7 Å². The van der Waals surface area contributed by atoms with Crippen LogP contribution in [0.3, 0.4) is 0 Å². The summed E-state index contributed by atoms with van der Waals surface area (Å²) in [6.45, 7) is 0.539. The van der Waals surface area contributed by atoms with E-state index in [4.69, 9.17) is 10.8 Å². The highest BCUT2D eigenvalue weighted by atomic mass is 16.6. The highest BCUT2D eigenvalue weighted by Crippen LogP contribution is 2.22. The number of hydrogen-bond acceptors (Lipinski definition) is 5. The van der Waals surface area contributed by atoms with Gasteiger partial charge in [-0.1, -0.05) is 12.1 Å². The summed E-state index contributed by atoms with van der Waals surface area (Å²) in [6, 6.07) is 5.56. The number of carboxylic acid groups (broad SMARTS) is 1. The van der Waals surface area contributed by atoms with Crippen molar-refractivity contribution in [1.82, 2.24) is 0 Å². The van der Waals surface area contributed by atoms with E-state index in [0.717, 1.165) is 0 Å². The number of nitro benzene ring substituents is 1. The molecule has 0 aliphatic heterocycles. The normalized spacial score (nSPS) is 11.8. The van der Waals surface area contributed by atoms with Crippen molar-refractivity contribution in [3.05, 3.63) is 34.4 Å². The lowest BCUT2D eigenvalue weighted by Crippen LogP contribution is -2.29. The number of anilines is 1. The molecule has 0 fully saturated rings. The summed E-state index contributed by atoms with van der Waals surface area (Å²) in [5.74, 6) is -1.01. The number of benzene rings is 1. The number of unbranched alkanes of at least 4 members (excludes halogenated alkanes) is 1. The van der Waals surface area contributed by atoms with Gasteiger partial charge in [0.25, 0.3) is 5.69 Å². The fraction of sp³-hybridized carbons (Fsp3) is 0.417. The molecule has 4 N–H and O–H groups in total. The molecule has 0 radical (unpaired) electrons. The minimum atomic E-state index is -1.01. The predicted octanol–water partition coefficient (Wildman–Crippen LogP) is 1.59. The van der Waals surface area contributed by atoms with Gasteiger partial charge in [-0.2, -0.15) is 0 Å². The zero-order chi connectivity index (χ0) is 14.3. The van der Waals surface area contributed by atoms with Crippen molar-refractivity contribution < 1.29 is 14.8 Å². The lowest BCUT2D eigenvalue weighted by Gasteiger charge is -2.08. The zero-order valence-electron chi connectivity index (χ0n) is 10.4. The standard InChI is InChI=1S/C12H17N3O4/c13-9(12(16)17)5-3-4-8-14-10-6-1-2-7-11(10)15(18)19/h1-2,6-7,9,14H,3-5,8,13H2,(H,16,17)/t9-/m0/s1. The van der Waals surface area contributed by atoms with E-state index in [0.29, 0.717) is 31.5 Å². The van der Waals surface area contributed by atoms with Gasteiger partial charge in [-0.25, -0.2) is 0 Å². The number of para-hydroxylation sites is 2. The van der Waals surface area contributed by atoms with E-state index in [1.807, 2.05) is 0 Å². The fourth-order valence-electron chi connectivity index (χ4n) is 1.62. The molecule has 0 aliphatic carbocycles. The summed E-state index contributed by atoms with van der Waals surface area (Å²) >= 11 is 0. The topological polar surface area (TPSA) is 118 Å². The third-order valence-corrected chi connectivity index (χ3v) is 2.68. The van der Waals surface area contributed by atoms with Crippen LogP contribution in [0.15, 0.2) is 24.3 Å². The summed E-state index contributed by atoms with van der Waals surface area (Å²) in [5.41, 5.74) is 5.86. The second kappa shape index (κ2) is 7.32. The smallest absolute Gasteiger partial charge is 0.320 e. The Bertz CT molecular complexity index is 450. The van der Waals surface area contributed by atoms with Crippen LogP contribution in [0.2, 0.25) is 0 Å². The van der Waals surface area contributed by atoms with Crippen LogP contribution in [-0.2, 0) is 4.79 Å². The first-order valence-electron chi connectivity index (χ1n) is 5.98. The lowest BCUT2D eigenvalue weighted by atomic mass is 10.1. The van der Waals surface area contributed by atoms with Gasteiger partial charge in [0.05, 0.1) is 4.92 Å². The van der Waals surface area contributed by atoms with Crippen molar-refractivity contribution in [2.75, 3.05) is 11.9 Å².